The van der Waals surface area contributed by atoms with Gasteiger partial charge < -0.3 is 15.1 Å². The normalized spacial score (nSPS) is 15.4. The van der Waals surface area contributed by atoms with Gasteiger partial charge in [0.2, 0.25) is 16.9 Å². The molecular formula is C21H23N5O5S. The fourth-order valence-corrected chi connectivity index (χ4v) is 4.95. The summed E-state index contributed by atoms with van der Waals surface area (Å²) in [5, 5.41) is 11.9. The Morgan fingerprint density at radius 3 is 2.28 bits per heavy atom. The van der Waals surface area contributed by atoms with Crippen LogP contribution >= 0.6 is 0 Å². The van der Waals surface area contributed by atoms with Crippen molar-refractivity contribution in [2.45, 2.75) is 24.9 Å². The number of aromatic nitrogens is 2. The van der Waals surface area contributed by atoms with E-state index >= 15 is 0 Å². The molecule has 32 heavy (non-hydrogen) atoms. The highest BCUT2D eigenvalue weighted by Gasteiger charge is 2.34. The van der Waals surface area contributed by atoms with Crippen molar-refractivity contribution in [3.63, 3.8) is 0 Å². The van der Waals surface area contributed by atoms with Gasteiger partial charge in [-0.3, -0.25) is 14.7 Å². The van der Waals surface area contributed by atoms with Crippen molar-refractivity contribution in [3.05, 3.63) is 48.7 Å². The lowest BCUT2D eigenvalue weighted by Crippen LogP contribution is -2.41. The third-order valence-electron chi connectivity index (χ3n) is 5.24. The van der Waals surface area contributed by atoms with E-state index in [1.807, 2.05) is 0 Å². The molecule has 0 bridgehead atoms. The zero-order chi connectivity index (χ0) is 22.7. The van der Waals surface area contributed by atoms with Crippen LogP contribution in [0.2, 0.25) is 0 Å². The van der Waals surface area contributed by atoms with E-state index in [0.29, 0.717) is 35.7 Å². The molecule has 1 aliphatic heterocycles. The number of piperidine rings is 1. The Hall–Kier alpha value is -3.44. The number of aromatic amines is 1. The second-order valence-electron chi connectivity index (χ2n) is 7.52. The van der Waals surface area contributed by atoms with E-state index in [2.05, 4.69) is 20.8 Å². The number of nitrogens with zero attached hydrogens (tertiary/aromatic N) is 2. The number of nitrogens with one attached hydrogen (secondary N) is 3. The Kier molecular flexibility index (Phi) is 6.10. The van der Waals surface area contributed by atoms with Crippen LogP contribution < -0.4 is 10.6 Å². The van der Waals surface area contributed by atoms with E-state index in [1.54, 1.807) is 42.6 Å². The summed E-state index contributed by atoms with van der Waals surface area (Å²) in [4.78, 5) is 23.7. The lowest BCUT2D eigenvalue weighted by Gasteiger charge is -2.29. The number of hydrogen-bond acceptors (Lipinski definition) is 6. The molecule has 10 nitrogen and oxygen atoms in total. The van der Waals surface area contributed by atoms with Crippen LogP contribution in [0, 0.1) is 5.92 Å². The van der Waals surface area contributed by atoms with Gasteiger partial charge in [-0.2, -0.15) is 9.40 Å². The Bertz CT molecular complexity index is 1190. The number of carbonyl (C=O) groups excluding carboxylic acids is 2. The largest absolute Gasteiger partial charge is 0.442 e. The summed E-state index contributed by atoms with van der Waals surface area (Å²) in [6.07, 6.45) is 2.37. The number of carbonyl (C=O) groups is 2. The minimum atomic E-state index is -3.79. The molecule has 0 unspecified atom stereocenters. The smallest absolute Gasteiger partial charge is 0.276 e. The van der Waals surface area contributed by atoms with Crippen molar-refractivity contribution < 1.29 is 22.4 Å². The quantitative estimate of drug-likeness (QED) is 0.520. The fraction of sp³-hybridized carbons (Fsp3) is 0.286. The number of sulfonamides is 1. The third-order valence-corrected chi connectivity index (χ3v) is 7.01. The molecule has 3 N–H and O–H groups in total. The van der Waals surface area contributed by atoms with Crippen LogP contribution in [0.1, 0.15) is 19.8 Å². The number of anilines is 2. The van der Waals surface area contributed by atoms with Gasteiger partial charge in [0.05, 0.1) is 0 Å². The van der Waals surface area contributed by atoms with Gasteiger partial charge in [0.25, 0.3) is 10.0 Å². The van der Waals surface area contributed by atoms with Crippen LogP contribution in [0.4, 0.5) is 11.4 Å². The highest BCUT2D eigenvalue weighted by atomic mass is 32.2. The van der Waals surface area contributed by atoms with E-state index in [0.717, 1.165) is 0 Å². The first-order valence-electron chi connectivity index (χ1n) is 10.1. The zero-order valence-electron chi connectivity index (χ0n) is 17.4. The molecule has 1 aliphatic rings. The maximum Gasteiger partial charge on any atom is 0.276 e. The van der Waals surface area contributed by atoms with Gasteiger partial charge in [-0.1, -0.05) is 0 Å². The van der Waals surface area contributed by atoms with Crippen LogP contribution in [0.5, 0.6) is 0 Å². The molecule has 2 amide bonds. The minimum absolute atomic E-state index is 0.135. The van der Waals surface area contributed by atoms with Gasteiger partial charge in [-0.05, 0) is 55.3 Å². The molecule has 4 rings (SSSR count). The maximum absolute atomic E-state index is 12.9. The van der Waals surface area contributed by atoms with Crippen LogP contribution in [-0.4, -0.2) is 47.8 Å². The SMILES string of the molecule is CC(=O)Nc1ccc(NC(=O)C2CCN(S(=O)(=O)c3ccc(-c4ccn[nH]4)o3)CC2)cc1. The molecule has 1 saturated heterocycles. The van der Waals surface area contributed by atoms with E-state index in [-0.39, 0.29) is 35.9 Å². The summed E-state index contributed by atoms with van der Waals surface area (Å²) in [5.41, 5.74) is 1.84. The van der Waals surface area contributed by atoms with E-state index in [1.165, 1.54) is 17.3 Å². The van der Waals surface area contributed by atoms with E-state index in [4.69, 9.17) is 4.42 Å². The average molecular weight is 458 g/mol. The number of hydrogen-bond donors (Lipinski definition) is 3. The minimum Gasteiger partial charge on any atom is -0.442 e. The molecule has 0 radical (unpaired) electrons. The number of furan rings is 1. The summed E-state index contributed by atoms with van der Waals surface area (Å²) in [5.74, 6) is -0.238. The highest BCUT2D eigenvalue weighted by Crippen LogP contribution is 2.28. The van der Waals surface area contributed by atoms with Gasteiger partial charge in [0.1, 0.15) is 5.69 Å². The average Bonchev–Trinajstić information content (AvgIpc) is 3.47. The molecule has 1 aromatic carbocycles. The summed E-state index contributed by atoms with van der Waals surface area (Å²) >= 11 is 0. The molecule has 3 aromatic rings. The van der Waals surface area contributed by atoms with Gasteiger partial charge >= 0.3 is 0 Å². The maximum atomic E-state index is 12.9. The number of H-pyrrole nitrogens is 1. The standard InChI is InChI=1S/C21H23N5O5S/c1-14(27)23-16-2-4-17(5-3-16)24-21(28)15-9-12-26(13-10-15)32(29,30)20-7-6-19(31-20)18-8-11-22-25-18/h2-8,11,15H,9-10,12-13H2,1H3,(H,22,25)(H,23,27)(H,24,28). The molecule has 11 heteroatoms. The monoisotopic (exact) mass is 457 g/mol. The van der Waals surface area contributed by atoms with E-state index < -0.39 is 10.0 Å². The Morgan fingerprint density at radius 2 is 1.69 bits per heavy atom. The second-order valence-corrected chi connectivity index (χ2v) is 9.38. The van der Waals surface area contributed by atoms with Crippen molar-refractivity contribution in [1.29, 1.82) is 0 Å². The predicted octanol–water partition coefficient (Wildman–Crippen LogP) is 2.67. The Balaban J connectivity index is 1.34. The van der Waals surface area contributed by atoms with Crippen LogP contribution in [0.15, 0.2) is 58.2 Å². The topological polar surface area (TPSA) is 137 Å². The first-order chi connectivity index (χ1) is 15.3. The van der Waals surface area contributed by atoms with Gasteiger partial charge in [0.15, 0.2) is 5.76 Å². The van der Waals surface area contributed by atoms with Crippen LogP contribution in [0.3, 0.4) is 0 Å². The van der Waals surface area contributed by atoms with Gasteiger partial charge in [-0.15, -0.1) is 0 Å². The molecular weight excluding hydrogens is 434 g/mol. The molecule has 0 saturated carbocycles. The molecule has 168 valence electrons. The summed E-state index contributed by atoms with van der Waals surface area (Å²) in [6, 6.07) is 11.5. The Morgan fingerprint density at radius 1 is 1.03 bits per heavy atom. The first-order valence-corrected chi connectivity index (χ1v) is 11.6. The molecule has 0 atom stereocenters. The van der Waals surface area contributed by atoms with Crippen molar-refractivity contribution in [2.24, 2.45) is 5.92 Å². The second kappa shape index (κ2) is 8.97. The van der Waals surface area contributed by atoms with Crippen molar-refractivity contribution in [2.75, 3.05) is 23.7 Å². The van der Waals surface area contributed by atoms with Crippen molar-refractivity contribution in [3.8, 4) is 11.5 Å². The van der Waals surface area contributed by atoms with Crippen LogP contribution in [0.25, 0.3) is 11.5 Å². The van der Waals surface area contributed by atoms with Crippen LogP contribution in [-0.2, 0) is 19.6 Å². The lowest BCUT2D eigenvalue weighted by atomic mass is 9.97. The number of benzene rings is 1. The van der Waals surface area contributed by atoms with E-state index in [9.17, 15) is 18.0 Å². The van der Waals surface area contributed by atoms with Crippen molar-refractivity contribution in [1.82, 2.24) is 14.5 Å². The third kappa shape index (κ3) is 4.73. The molecule has 2 aromatic heterocycles. The summed E-state index contributed by atoms with van der Waals surface area (Å²) < 4.78 is 32.7. The van der Waals surface area contributed by atoms with Gasteiger partial charge in [-0.25, -0.2) is 8.42 Å². The first kappa shape index (κ1) is 21.8. The number of amides is 2. The van der Waals surface area contributed by atoms with Gasteiger partial charge in [0, 0.05) is 43.5 Å². The Labute approximate surface area is 185 Å². The zero-order valence-corrected chi connectivity index (χ0v) is 18.2. The molecule has 0 aliphatic carbocycles. The lowest BCUT2D eigenvalue weighted by molar-refractivity contribution is -0.121. The molecule has 0 spiro atoms. The summed E-state index contributed by atoms with van der Waals surface area (Å²) in [6.45, 7) is 1.87. The predicted molar refractivity (Wildman–Crippen MR) is 117 cm³/mol. The number of rotatable bonds is 6. The highest BCUT2D eigenvalue weighted by molar-refractivity contribution is 7.89. The summed E-state index contributed by atoms with van der Waals surface area (Å²) in [7, 11) is -3.79. The van der Waals surface area contributed by atoms with Crippen molar-refractivity contribution >= 4 is 33.2 Å². The molecule has 3 heterocycles. The molecule has 1 fully saturated rings. The fourth-order valence-electron chi connectivity index (χ4n) is 3.57.